The van der Waals surface area contributed by atoms with Crippen molar-refractivity contribution in [2.75, 3.05) is 6.61 Å². The predicted molar refractivity (Wildman–Crippen MR) is 58.5 cm³/mol. The molecule has 1 heterocycles. The molecule has 0 radical (unpaired) electrons. The van der Waals surface area contributed by atoms with Gasteiger partial charge in [0.15, 0.2) is 6.29 Å². The first-order chi connectivity index (χ1) is 8.61. The number of phosphoric ester groups is 1. The molecule has 0 spiro atoms. The third-order valence-electron chi connectivity index (χ3n) is 2.50. The maximum Gasteiger partial charge on any atom is 0.469 e. The molecule has 0 aromatic carbocycles. The second kappa shape index (κ2) is 6.25. The number of aliphatic hydroxyl groups excluding tert-OH is 3. The molecule has 1 amide bonds. The van der Waals surface area contributed by atoms with Crippen molar-refractivity contribution >= 4 is 13.7 Å². The van der Waals surface area contributed by atoms with E-state index in [0.717, 1.165) is 6.92 Å². The number of aliphatic hydroxyl groups is 3. The van der Waals surface area contributed by atoms with Crippen LogP contribution in [0, 0.1) is 0 Å². The van der Waals surface area contributed by atoms with Gasteiger partial charge in [0.2, 0.25) is 5.91 Å². The zero-order valence-electron chi connectivity index (χ0n) is 9.91. The SMILES string of the molecule is CC(=O)N[C@H]1[C@H](O)[C@@H](O)[C@@H](COP(=O)(O)O)O[C@H]1O. The Balaban J connectivity index is 2.66. The second-order valence-electron chi connectivity index (χ2n) is 4.06. The summed E-state index contributed by atoms with van der Waals surface area (Å²) in [7, 11) is -4.76. The first-order valence-corrected chi connectivity index (χ1v) is 6.81. The molecule has 1 rings (SSSR count). The molecule has 1 saturated heterocycles. The minimum Gasteiger partial charge on any atom is -0.388 e. The van der Waals surface area contributed by atoms with Crippen molar-refractivity contribution in [1.29, 1.82) is 0 Å². The van der Waals surface area contributed by atoms with Gasteiger partial charge in [-0.2, -0.15) is 0 Å². The summed E-state index contributed by atoms with van der Waals surface area (Å²) in [4.78, 5) is 27.9. The van der Waals surface area contributed by atoms with Crippen LogP contribution in [0.1, 0.15) is 6.92 Å². The van der Waals surface area contributed by atoms with Gasteiger partial charge in [0.25, 0.3) is 0 Å². The molecular weight excluding hydrogens is 285 g/mol. The van der Waals surface area contributed by atoms with Gasteiger partial charge >= 0.3 is 7.82 Å². The zero-order chi connectivity index (χ0) is 14.8. The van der Waals surface area contributed by atoms with Gasteiger partial charge in [-0.05, 0) is 0 Å². The number of rotatable bonds is 4. The Morgan fingerprint density at radius 3 is 2.37 bits per heavy atom. The van der Waals surface area contributed by atoms with Crippen LogP contribution in [-0.4, -0.2) is 68.3 Å². The van der Waals surface area contributed by atoms with Crippen LogP contribution in [0.4, 0.5) is 0 Å². The lowest BCUT2D eigenvalue weighted by Crippen LogP contribution is -2.64. The summed E-state index contributed by atoms with van der Waals surface area (Å²) in [5.74, 6) is -0.552. The number of carbonyl (C=O) groups is 1. The van der Waals surface area contributed by atoms with Gasteiger partial charge in [-0.25, -0.2) is 4.57 Å². The molecule has 112 valence electrons. The van der Waals surface area contributed by atoms with Crippen LogP contribution in [0.5, 0.6) is 0 Å². The average Bonchev–Trinajstić information content (AvgIpc) is 2.26. The Kier molecular flexibility index (Phi) is 5.42. The molecule has 19 heavy (non-hydrogen) atoms. The number of amides is 1. The monoisotopic (exact) mass is 301 g/mol. The van der Waals surface area contributed by atoms with E-state index in [1.165, 1.54) is 0 Å². The van der Waals surface area contributed by atoms with Crippen molar-refractivity contribution in [1.82, 2.24) is 5.32 Å². The van der Waals surface area contributed by atoms with Crippen LogP contribution in [0.3, 0.4) is 0 Å². The number of ether oxygens (including phenoxy) is 1. The highest BCUT2D eigenvalue weighted by atomic mass is 31.2. The number of hydrogen-bond donors (Lipinski definition) is 6. The molecule has 11 heteroatoms. The normalized spacial score (nSPS) is 36.0. The molecule has 0 aromatic heterocycles. The molecule has 1 aliphatic rings. The van der Waals surface area contributed by atoms with E-state index in [1.54, 1.807) is 0 Å². The summed E-state index contributed by atoms with van der Waals surface area (Å²) in [6.07, 6.45) is -6.15. The molecule has 0 unspecified atom stereocenters. The molecule has 0 saturated carbocycles. The van der Waals surface area contributed by atoms with Gasteiger partial charge < -0.3 is 35.2 Å². The van der Waals surface area contributed by atoms with Crippen molar-refractivity contribution < 1.29 is 43.7 Å². The van der Waals surface area contributed by atoms with Gasteiger partial charge in [-0.15, -0.1) is 0 Å². The zero-order valence-corrected chi connectivity index (χ0v) is 10.8. The van der Waals surface area contributed by atoms with E-state index in [1.807, 2.05) is 0 Å². The Morgan fingerprint density at radius 1 is 1.32 bits per heavy atom. The average molecular weight is 301 g/mol. The Hall–Kier alpha value is -0.580. The molecule has 5 atom stereocenters. The van der Waals surface area contributed by atoms with Gasteiger partial charge in [0.1, 0.15) is 24.4 Å². The summed E-state index contributed by atoms with van der Waals surface area (Å²) >= 11 is 0. The summed E-state index contributed by atoms with van der Waals surface area (Å²) < 4.78 is 19.5. The van der Waals surface area contributed by atoms with E-state index in [2.05, 4.69) is 9.84 Å². The highest BCUT2D eigenvalue weighted by molar-refractivity contribution is 7.46. The minimum absolute atomic E-state index is 0.552. The molecule has 1 fully saturated rings. The number of carbonyl (C=O) groups excluding carboxylic acids is 1. The van der Waals surface area contributed by atoms with Crippen molar-refractivity contribution in [2.24, 2.45) is 0 Å². The fourth-order valence-corrected chi connectivity index (χ4v) is 1.99. The van der Waals surface area contributed by atoms with Crippen LogP contribution in [0.15, 0.2) is 0 Å². The summed E-state index contributed by atoms with van der Waals surface area (Å²) in [6, 6.07) is -1.25. The molecule has 10 nitrogen and oxygen atoms in total. The molecule has 0 bridgehead atoms. The van der Waals surface area contributed by atoms with Crippen molar-refractivity contribution in [3.05, 3.63) is 0 Å². The lowest BCUT2D eigenvalue weighted by Gasteiger charge is -2.40. The van der Waals surface area contributed by atoms with Crippen LogP contribution >= 0.6 is 7.82 Å². The van der Waals surface area contributed by atoms with E-state index in [-0.39, 0.29) is 0 Å². The summed E-state index contributed by atoms with van der Waals surface area (Å²) in [5.41, 5.74) is 0. The quantitative estimate of drug-likeness (QED) is 0.297. The Labute approximate surface area is 108 Å². The van der Waals surface area contributed by atoms with Gasteiger partial charge in [0, 0.05) is 6.92 Å². The molecule has 6 N–H and O–H groups in total. The first-order valence-electron chi connectivity index (χ1n) is 5.28. The van der Waals surface area contributed by atoms with Crippen LogP contribution in [0.25, 0.3) is 0 Å². The van der Waals surface area contributed by atoms with Crippen molar-refractivity contribution in [2.45, 2.75) is 37.6 Å². The maximum atomic E-state index is 10.9. The lowest BCUT2D eigenvalue weighted by atomic mass is 9.97. The van der Waals surface area contributed by atoms with Gasteiger partial charge in [-0.3, -0.25) is 9.32 Å². The number of phosphoric acid groups is 1. The first kappa shape index (κ1) is 16.5. The van der Waals surface area contributed by atoms with Gasteiger partial charge in [0.05, 0.1) is 6.61 Å². The van der Waals surface area contributed by atoms with Crippen molar-refractivity contribution in [3.8, 4) is 0 Å². The van der Waals surface area contributed by atoms with E-state index in [9.17, 15) is 24.7 Å². The second-order valence-corrected chi connectivity index (χ2v) is 5.30. The summed E-state index contributed by atoms with van der Waals surface area (Å²) in [5, 5.41) is 31.1. The molecular formula is C8H16NO9P. The fraction of sp³-hybridized carbons (Fsp3) is 0.875. The highest BCUT2D eigenvalue weighted by Crippen LogP contribution is 2.36. The number of nitrogens with one attached hydrogen (secondary N) is 1. The van der Waals surface area contributed by atoms with Gasteiger partial charge in [-0.1, -0.05) is 0 Å². The minimum atomic E-state index is -4.76. The molecule has 0 aromatic rings. The predicted octanol–water partition coefficient (Wildman–Crippen LogP) is -2.96. The molecule has 1 aliphatic heterocycles. The fourth-order valence-electron chi connectivity index (χ4n) is 1.65. The van der Waals surface area contributed by atoms with Crippen LogP contribution in [0.2, 0.25) is 0 Å². The van der Waals surface area contributed by atoms with E-state index >= 15 is 0 Å². The van der Waals surface area contributed by atoms with Crippen LogP contribution in [-0.2, 0) is 18.6 Å². The van der Waals surface area contributed by atoms with Crippen LogP contribution < -0.4 is 5.32 Å². The van der Waals surface area contributed by atoms with Crippen molar-refractivity contribution in [3.63, 3.8) is 0 Å². The third kappa shape index (κ3) is 4.79. The number of hydrogen-bond acceptors (Lipinski definition) is 7. The Morgan fingerprint density at radius 2 is 1.89 bits per heavy atom. The Bertz CT molecular complexity index is 371. The topological polar surface area (TPSA) is 166 Å². The van der Waals surface area contributed by atoms with E-state index in [4.69, 9.17) is 14.5 Å². The lowest BCUT2D eigenvalue weighted by molar-refractivity contribution is -0.252. The largest absolute Gasteiger partial charge is 0.469 e. The highest BCUT2D eigenvalue weighted by Gasteiger charge is 2.44. The van der Waals surface area contributed by atoms with E-state index < -0.39 is 51.0 Å². The van der Waals surface area contributed by atoms with E-state index in [0.29, 0.717) is 0 Å². The smallest absolute Gasteiger partial charge is 0.388 e. The summed E-state index contributed by atoms with van der Waals surface area (Å²) in [6.45, 7) is 0.418. The molecule has 0 aliphatic carbocycles. The standard InChI is InChI=1S/C8H16NO9P/c1-3(10)9-5-7(12)6(11)4(18-8(5)13)2-17-19(14,15)16/h4-8,11-13H,2H2,1H3,(H,9,10)(H2,14,15,16)/t4-,5+,6+,7+,8-/m1/s1. The maximum absolute atomic E-state index is 10.9. The third-order valence-corrected chi connectivity index (χ3v) is 2.98.